The molecule has 13 nitrogen and oxygen atoms in total. The van der Waals surface area contributed by atoms with Gasteiger partial charge >= 0.3 is 11.8 Å². The summed E-state index contributed by atoms with van der Waals surface area (Å²) in [5, 5.41) is 1.70. The Labute approximate surface area is 304 Å². The summed E-state index contributed by atoms with van der Waals surface area (Å²) in [6.45, 7) is 7.28. The van der Waals surface area contributed by atoms with Crippen LogP contribution in [0.5, 0.6) is 11.5 Å². The van der Waals surface area contributed by atoms with Gasteiger partial charge in [0.05, 0.1) is 45.4 Å². The summed E-state index contributed by atoms with van der Waals surface area (Å²) < 4.78 is 74.9. The van der Waals surface area contributed by atoms with Gasteiger partial charge in [0.2, 0.25) is 0 Å². The number of benzene rings is 3. The number of halogens is 1. The average Bonchev–Trinajstić information content (AvgIpc) is 3.74. The van der Waals surface area contributed by atoms with Crippen LogP contribution in [-0.2, 0) is 31.6 Å². The molecule has 276 valence electrons. The molecule has 0 saturated carbocycles. The Hall–Kier alpha value is -4.93. The van der Waals surface area contributed by atoms with E-state index in [9.17, 15) is 18.0 Å². The van der Waals surface area contributed by atoms with Gasteiger partial charge in [-0.1, -0.05) is 24.3 Å². The van der Waals surface area contributed by atoms with Crippen LogP contribution in [0.25, 0.3) is 11.1 Å². The smallest absolute Gasteiger partial charge is 0.420 e. The molecule has 1 amide bonds. The first kappa shape index (κ1) is 36.8. The molecule has 0 aliphatic carbocycles. The number of anilines is 1. The number of hydrogen-bond donors (Lipinski definition) is 0. The highest BCUT2D eigenvalue weighted by atomic mass is 32.2. The highest BCUT2D eigenvalue weighted by Gasteiger charge is 2.49. The Morgan fingerprint density at radius 2 is 1.83 bits per heavy atom. The number of hydrogen-bond acceptors (Lipinski definition) is 11. The van der Waals surface area contributed by atoms with Gasteiger partial charge < -0.3 is 28.3 Å². The number of carbonyl (C=O) groups is 1. The first-order valence-electron chi connectivity index (χ1n) is 16.2. The maximum atomic E-state index is 16.5. The fraction of sp³-hybridized carbons (Fsp3) is 0.361. The highest BCUT2D eigenvalue weighted by molar-refractivity contribution is 7.93. The number of fused-ring (bicyclic) bond motifs is 1. The van der Waals surface area contributed by atoms with E-state index in [2.05, 4.69) is 4.98 Å². The van der Waals surface area contributed by atoms with Crippen LogP contribution in [0.15, 0.2) is 80.3 Å². The Kier molecular flexibility index (Phi) is 9.85. The minimum absolute atomic E-state index is 0.0526. The monoisotopic (exact) mass is 754 g/mol. The lowest BCUT2D eigenvalue weighted by Crippen LogP contribution is -2.63. The van der Waals surface area contributed by atoms with Crippen LogP contribution < -0.4 is 19.5 Å². The van der Waals surface area contributed by atoms with E-state index in [4.69, 9.17) is 23.4 Å². The molecule has 1 atom stereocenters. The van der Waals surface area contributed by atoms with E-state index < -0.39 is 55.4 Å². The first-order valence-corrected chi connectivity index (χ1v) is 18.5. The maximum Gasteiger partial charge on any atom is 0.420 e. The molecule has 0 bridgehead atoms. The quantitative estimate of drug-likeness (QED) is 0.151. The third kappa shape index (κ3) is 6.61. The molecule has 1 aliphatic heterocycles. The van der Waals surface area contributed by atoms with E-state index in [0.717, 1.165) is 27.3 Å². The van der Waals surface area contributed by atoms with Gasteiger partial charge in [-0.25, -0.2) is 31.7 Å². The van der Waals surface area contributed by atoms with Crippen LogP contribution in [0.3, 0.4) is 0 Å². The van der Waals surface area contributed by atoms with Crippen LogP contribution in [0.1, 0.15) is 50.4 Å². The van der Waals surface area contributed by atoms with E-state index >= 15 is 4.39 Å². The van der Waals surface area contributed by atoms with Crippen molar-refractivity contribution in [2.24, 2.45) is 0 Å². The van der Waals surface area contributed by atoms with Crippen molar-refractivity contribution in [3.63, 3.8) is 0 Å². The zero-order valence-electron chi connectivity index (χ0n) is 29.7. The molecule has 16 heteroatoms. The summed E-state index contributed by atoms with van der Waals surface area (Å²) in [4.78, 5) is 31.3. The summed E-state index contributed by atoms with van der Waals surface area (Å²) in [5.74, 6) is -1.25. The van der Waals surface area contributed by atoms with Gasteiger partial charge in [-0.2, -0.15) is 0 Å². The third-order valence-electron chi connectivity index (χ3n) is 8.92. The summed E-state index contributed by atoms with van der Waals surface area (Å²) >= 11 is 1.06. The van der Waals surface area contributed by atoms with Crippen LogP contribution in [0, 0.1) is 5.82 Å². The molecule has 0 radical (unpaired) electrons. The molecular weight excluding hydrogens is 716 g/mol. The lowest BCUT2D eigenvalue weighted by atomic mass is 9.81. The summed E-state index contributed by atoms with van der Waals surface area (Å²) in [6.07, 6.45) is 0.971. The molecule has 52 heavy (non-hydrogen) atoms. The second-order valence-electron chi connectivity index (χ2n) is 13.3. The van der Waals surface area contributed by atoms with Gasteiger partial charge in [0, 0.05) is 30.3 Å². The van der Waals surface area contributed by atoms with E-state index in [-0.39, 0.29) is 30.3 Å². The topological polar surface area (TPSA) is 143 Å². The van der Waals surface area contributed by atoms with E-state index in [1.54, 1.807) is 64.5 Å². The van der Waals surface area contributed by atoms with Gasteiger partial charge in [-0.3, -0.25) is 4.57 Å². The number of oxazole rings is 1. The molecule has 3 aromatic carbocycles. The lowest BCUT2D eigenvalue weighted by Gasteiger charge is -2.50. The fourth-order valence-electron chi connectivity index (χ4n) is 6.32. The number of nitrogens with zero attached hydrogens (tertiary/aromatic N) is 4. The maximum absolute atomic E-state index is 16.5. The summed E-state index contributed by atoms with van der Waals surface area (Å²) in [6, 6.07) is 14.0. The standard InChI is InChI=1S/C36H39FN4O9S2/c1-22(25-10-8-9-11-26(25)36(48-7)20-39(21-36)33(42)50-35(2,3)4)41-27-14-15-29(30(37)31(27)49-34(41)43)52(44,45)40(32-38-16-17-51-32)19-23-12-13-24(46-5)18-28(23)47-6/h8-18,22H,19-21H2,1-7H3. The van der Waals surface area contributed by atoms with Gasteiger partial charge in [0.15, 0.2) is 16.5 Å². The highest BCUT2D eigenvalue weighted by Crippen LogP contribution is 2.41. The van der Waals surface area contributed by atoms with Crippen LogP contribution in [0.2, 0.25) is 0 Å². The van der Waals surface area contributed by atoms with Gasteiger partial charge in [-0.05, 0) is 63.1 Å². The Morgan fingerprint density at radius 1 is 1.10 bits per heavy atom. The van der Waals surface area contributed by atoms with Crippen molar-refractivity contribution >= 4 is 43.7 Å². The van der Waals surface area contributed by atoms with E-state index in [1.807, 2.05) is 18.2 Å². The number of carbonyl (C=O) groups excluding carboxylic acids is 1. The molecular formula is C36H39FN4O9S2. The number of rotatable bonds is 11. The number of thiazole rings is 1. The van der Waals surface area contributed by atoms with Crippen LogP contribution in [0.4, 0.5) is 14.3 Å². The van der Waals surface area contributed by atoms with Crippen LogP contribution in [-0.4, -0.2) is 69.0 Å². The van der Waals surface area contributed by atoms with Crippen molar-refractivity contribution in [1.29, 1.82) is 0 Å². The first-order chi connectivity index (χ1) is 24.6. The zero-order chi connectivity index (χ0) is 37.6. The van der Waals surface area contributed by atoms with E-state index in [0.29, 0.717) is 22.6 Å². The largest absolute Gasteiger partial charge is 0.497 e. The molecule has 3 heterocycles. The fourth-order valence-corrected chi connectivity index (χ4v) is 8.65. The summed E-state index contributed by atoms with van der Waals surface area (Å²) in [5.41, 5.74) is -0.172. The van der Waals surface area contributed by atoms with Crippen molar-refractivity contribution < 1.29 is 41.0 Å². The number of likely N-dealkylation sites (tertiary alicyclic amines) is 1. The molecule has 5 aromatic rings. The molecule has 1 aliphatic rings. The van der Waals surface area contributed by atoms with Gasteiger partial charge in [0.25, 0.3) is 10.0 Å². The third-order valence-corrected chi connectivity index (χ3v) is 11.6. The minimum Gasteiger partial charge on any atom is -0.497 e. The number of methoxy groups -OCH3 is 3. The number of aromatic nitrogens is 2. The number of amides is 1. The molecule has 1 unspecified atom stereocenters. The number of sulfonamides is 1. The molecule has 2 aromatic heterocycles. The lowest BCUT2D eigenvalue weighted by molar-refractivity contribution is -0.127. The van der Waals surface area contributed by atoms with Crippen molar-refractivity contribution in [3.05, 3.63) is 99.2 Å². The Balaban J connectivity index is 1.37. The molecule has 0 N–H and O–H groups in total. The van der Waals surface area contributed by atoms with Crippen molar-refractivity contribution in [3.8, 4) is 11.5 Å². The molecule has 0 spiro atoms. The van der Waals surface area contributed by atoms with Gasteiger partial charge in [-0.15, -0.1) is 11.3 Å². The minimum atomic E-state index is -4.62. The van der Waals surface area contributed by atoms with E-state index in [1.165, 1.54) is 35.9 Å². The summed E-state index contributed by atoms with van der Waals surface area (Å²) in [7, 11) is -0.134. The normalized spacial score (nSPS) is 14.9. The second kappa shape index (κ2) is 13.9. The predicted molar refractivity (Wildman–Crippen MR) is 192 cm³/mol. The average molecular weight is 755 g/mol. The second-order valence-corrected chi connectivity index (χ2v) is 16.0. The number of ether oxygens (including phenoxy) is 4. The van der Waals surface area contributed by atoms with Crippen LogP contribution >= 0.6 is 11.3 Å². The van der Waals surface area contributed by atoms with Crippen molar-refractivity contribution in [1.82, 2.24) is 14.5 Å². The predicted octanol–water partition coefficient (Wildman–Crippen LogP) is 6.30. The van der Waals surface area contributed by atoms with Gasteiger partial charge in [0.1, 0.15) is 27.6 Å². The molecule has 1 fully saturated rings. The zero-order valence-corrected chi connectivity index (χ0v) is 31.3. The Bertz CT molecular complexity index is 2270. The Morgan fingerprint density at radius 3 is 2.46 bits per heavy atom. The SMILES string of the molecule is COc1ccc(CN(c2nccs2)S(=O)(=O)c2ccc3c(oc(=O)n3C(C)c3ccccc3C3(OC)CN(C(=O)OC(C)(C)C)C3)c2F)c(OC)c1. The molecule has 6 rings (SSSR count). The van der Waals surface area contributed by atoms with Crippen molar-refractivity contribution in [2.75, 3.05) is 38.7 Å². The van der Waals surface area contributed by atoms with Crippen molar-refractivity contribution in [2.45, 2.75) is 56.4 Å². The molecule has 1 saturated heterocycles.